The summed E-state index contributed by atoms with van der Waals surface area (Å²) in [6.07, 6.45) is 0. The van der Waals surface area contributed by atoms with Crippen molar-refractivity contribution in [2.24, 2.45) is 0 Å². The van der Waals surface area contributed by atoms with Gasteiger partial charge in [0.1, 0.15) is 5.82 Å². The topological polar surface area (TPSA) is 57.6 Å². The molecule has 23 heavy (non-hydrogen) atoms. The average Bonchev–Trinajstić information content (AvgIpc) is 2.72. The molecule has 0 atom stereocenters. The van der Waals surface area contributed by atoms with Gasteiger partial charge in [0.25, 0.3) is 5.91 Å². The van der Waals surface area contributed by atoms with Gasteiger partial charge in [-0.1, -0.05) is 23.7 Å². The molecule has 1 aliphatic rings. The number of nitrogens with zero attached hydrogens (tertiary/aromatic N) is 1. The largest absolute Gasteiger partial charge is 0.502 e. The summed E-state index contributed by atoms with van der Waals surface area (Å²) in [5.74, 6) is -2.61. The minimum atomic E-state index is -0.820. The first-order chi connectivity index (χ1) is 10.9. The molecule has 0 aliphatic carbocycles. The molecule has 0 aromatic heterocycles. The van der Waals surface area contributed by atoms with E-state index in [2.05, 4.69) is 0 Å². The lowest BCUT2D eigenvalue weighted by molar-refractivity contribution is -0.121. The predicted molar refractivity (Wildman–Crippen MR) is 84.6 cm³/mol. The first-order valence-electron chi connectivity index (χ1n) is 6.74. The molecule has 116 valence electrons. The Morgan fingerprint density at radius 1 is 1.04 bits per heavy atom. The van der Waals surface area contributed by atoms with E-state index in [9.17, 15) is 19.1 Å². The van der Waals surface area contributed by atoms with Crippen molar-refractivity contribution in [3.63, 3.8) is 0 Å². The van der Waals surface area contributed by atoms with Gasteiger partial charge >= 0.3 is 5.91 Å². The van der Waals surface area contributed by atoms with Crippen LogP contribution in [0.4, 0.5) is 10.1 Å². The van der Waals surface area contributed by atoms with Crippen LogP contribution in [0.25, 0.3) is 5.57 Å². The molecule has 0 radical (unpaired) electrons. The SMILES string of the molecule is Cc1cc(Cl)ccc1N1C(=O)C(O)=C(c2ccc(F)cc2)C1=O. The molecular weight excluding hydrogens is 321 g/mol. The number of anilines is 1. The Hall–Kier alpha value is -2.66. The lowest BCUT2D eigenvalue weighted by Crippen LogP contribution is -2.32. The van der Waals surface area contributed by atoms with E-state index in [1.807, 2.05) is 0 Å². The minimum absolute atomic E-state index is 0.149. The summed E-state index contributed by atoms with van der Waals surface area (Å²) < 4.78 is 13.0. The standard InChI is InChI=1S/C17H11ClFNO3/c1-9-8-11(18)4-7-13(9)20-16(22)14(15(21)17(20)23)10-2-5-12(19)6-3-10/h2-8,21H,1H3. The Kier molecular flexibility index (Phi) is 3.66. The highest BCUT2D eigenvalue weighted by molar-refractivity contribution is 6.45. The maximum Gasteiger partial charge on any atom is 0.301 e. The molecule has 3 rings (SSSR count). The third-order valence-electron chi connectivity index (χ3n) is 3.59. The van der Waals surface area contributed by atoms with E-state index >= 15 is 0 Å². The number of aryl methyl sites for hydroxylation is 1. The minimum Gasteiger partial charge on any atom is -0.502 e. The summed E-state index contributed by atoms with van der Waals surface area (Å²) in [7, 11) is 0. The molecule has 0 bridgehead atoms. The van der Waals surface area contributed by atoms with Crippen LogP contribution >= 0.6 is 11.6 Å². The molecule has 1 aliphatic heterocycles. The Bertz CT molecular complexity index is 859. The Labute approximate surface area is 136 Å². The van der Waals surface area contributed by atoms with Crippen LogP contribution in [0.5, 0.6) is 0 Å². The van der Waals surface area contributed by atoms with Gasteiger partial charge < -0.3 is 5.11 Å². The van der Waals surface area contributed by atoms with E-state index in [0.29, 0.717) is 16.3 Å². The van der Waals surface area contributed by atoms with Crippen molar-refractivity contribution in [1.82, 2.24) is 0 Å². The van der Waals surface area contributed by atoms with Gasteiger partial charge in [0, 0.05) is 5.02 Å². The van der Waals surface area contributed by atoms with Gasteiger partial charge in [0.2, 0.25) is 0 Å². The predicted octanol–water partition coefficient (Wildman–Crippen LogP) is 3.63. The van der Waals surface area contributed by atoms with Gasteiger partial charge in [-0.15, -0.1) is 0 Å². The number of aliphatic hydroxyl groups excluding tert-OH is 1. The van der Waals surface area contributed by atoms with E-state index in [4.69, 9.17) is 11.6 Å². The molecule has 0 spiro atoms. The van der Waals surface area contributed by atoms with E-state index in [-0.39, 0.29) is 11.1 Å². The fourth-order valence-electron chi connectivity index (χ4n) is 2.48. The summed E-state index contributed by atoms with van der Waals surface area (Å²) in [5.41, 5.74) is 1.08. The molecule has 1 heterocycles. The highest BCUT2D eigenvalue weighted by atomic mass is 35.5. The van der Waals surface area contributed by atoms with Crippen LogP contribution in [0.1, 0.15) is 11.1 Å². The first-order valence-corrected chi connectivity index (χ1v) is 7.12. The van der Waals surface area contributed by atoms with Gasteiger partial charge in [-0.3, -0.25) is 9.59 Å². The number of aliphatic hydroxyl groups is 1. The summed E-state index contributed by atoms with van der Waals surface area (Å²) in [6, 6.07) is 9.69. The van der Waals surface area contributed by atoms with Crippen LogP contribution in [0.15, 0.2) is 48.2 Å². The molecular formula is C17H11ClFNO3. The Balaban J connectivity index is 2.07. The molecule has 0 unspecified atom stereocenters. The normalized spacial score (nSPS) is 14.8. The second-order valence-corrected chi connectivity index (χ2v) is 5.54. The van der Waals surface area contributed by atoms with Gasteiger partial charge in [-0.25, -0.2) is 9.29 Å². The van der Waals surface area contributed by atoms with E-state index in [0.717, 1.165) is 17.0 Å². The van der Waals surface area contributed by atoms with Crippen LogP contribution in [-0.2, 0) is 9.59 Å². The summed E-state index contributed by atoms with van der Waals surface area (Å²) >= 11 is 5.88. The number of carbonyl (C=O) groups is 2. The fourth-order valence-corrected chi connectivity index (χ4v) is 2.71. The third kappa shape index (κ3) is 2.49. The molecule has 2 amide bonds. The van der Waals surface area contributed by atoms with Crippen molar-refractivity contribution >= 4 is 34.7 Å². The van der Waals surface area contributed by atoms with Crippen molar-refractivity contribution in [2.75, 3.05) is 4.90 Å². The molecule has 0 saturated carbocycles. The second kappa shape index (κ2) is 5.52. The average molecular weight is 332 g/mol. The number of hydrogen-bond acceptors (Lipinski definition) is 3. The number of carbonyl (C=O) groups excluding carboxylic acids is 2. The van der Waals surface area contributed by atoms with Crippen LogP contribution in [0, 0.1) is 12.7 Å². The Morgan fingerprint density at radius 2 is 1.70 bits per heavy atom. The molecule has 0 saturated heterocycles. The maximum atomic E-state index is 13.0. The molecule has 2 aromatic rings. The molecule has 2 aromatic carbocycles. The number of hydrogen-bond donors (Lipinski definition) is 1. The van der Waals surface area contributed by atoms with Gasteiger partial charge in [0.15, 0.2) is 5.76 Å². The third-order valence-corrected chi connectivity index (χ3v) is 3.83. The zero-order valence-electron chi connectivity index (χ0n) is 12.0. The monoisotopic (exact) mass is 331 g/mol. The zero-order chi connectivity index (χ0) is 16.7. The Morgan fingerprint density at radius 3 is 2.30 bits per heavy atom. The highest BCUT2D eigenvalue weighted by Gasteiger charge is 2.40. The molecule has 0 fully saturated rings. The summed E-state index contributed by atoms with van der Waals surface area (Å²) in [6.45, 7) is 1.70. The number of benzene rings is 2. The van der Waals surface area contributed by atoms with Crippen LogP contribution < -0.4 is 4.90 Å². The van der Waals surface area contributed by atoms with Crippen molar-refractivity contribution in [3.8, 4) is 0 Å². The van der Waals surface area contributed by atoms with Crippen molar-refractivity contribution in [1.29, 1.82) is 0 Å². The summed E-state index contributed by atoms with van der Waals surface area (Å²) in [4.78, 5) is 25.8. The number of imide groups is 1. The first kappa shape index (κ1) is 15.2. The highest BCUT2D eigenvalue weighted by Crippen LogP contribution is 2.34. The van der Waals surface area contributed by atoms with E-state index in [1.54, 1.807) is 19.1 Å². The molecule has 1 N–H and O–H groups in total. The lowest BCUT2D eigenvalue weighted by Gasteiger charge is -2.17. The van der Waals surface area contributed by atoms with Crippen LogP contribution in [0.3, 0.4) is 0 Å². The summed E-state index contributed by atoms with van der Waals surface area (Å²) in [5, 5.41) is 10.5. The second-order valence-electron chi connectivity index (χ2n) is 5.11. The smallest absolute Gasteiger partial charge is 0.301 e. The van der Waals surface area contributed by atoms with Crippen molar-refractivity contribution in [2.45, 2.75) is 6.92 Å². The van der Waals surface area contributed by atoms with Crippen LogP contribution in [0.2, 0.25) is 5.02 Å². The molecule has 6 heteroatoms. The van der Waals surface area contributed by atoms with Gasteiger partial charge in [-0.05, 0) is 48.4 Å². The fraction of sp³-hybridized carbons (Fsp3) is 0.0588. The van der Waals surface area contributed by atoms with Gasteiger partial charge in [-0.2, -0.15) is 0 Å². The lowest BCUT2D eigenvalue weighted by atomic mass is 10.1. The quantitative estimate of drug-likeness (QED) is 0.855. The van der Waals surface area contributed by atoms with Crippen molar-refractivity contribution < 1.29 is 19.1 Å². The van der Waals surface area contributed by atoms with Crippen molar-refractivity contribution in [3.05, 3.63) is 70.2 Å². The van der Waals surface area contributed by atoms with Crippen LogP contribution in [-0.4, -0.2) is 16.9 Å². The number of amides is 2. The zero-order valence-corrected chi connectivity index (χ0v) is 12.8. The number of halogens is 2. The van der Waals surface area contributed by atoms with Gasteiger partial charge in [0.05, 0.1) is 11.3 Å². The van der Waals surface area contributed by atoms with E-state index in [1.165, 1.54) is 18.2 Å². The maximum absolute atomic E-state index is 13.0. The van der Waals surface area contributed by atoms with E-state index < -0.39 is 23.4 Å². The number of rotatable bonds is 2. The molecule has 4 nitrogen and oxygen atoms in total.